The van der Waals surface area contributed by atoms with Crippen LogP contribution >= 0.6 is 0 Å². The molecule has 1 atom stereocenters. The second-order valence-electron chi connectivity index (χ2n) is 7.33. The number of anilines is 1. The Labute approximate surface area is 157 Å². The lowest BCUT2D eigenvalue weighted by Crippen LogP contribution is -2.40. The van der Waals surface area contributed by atoms with E-state index in [0.717, 1.165) is 6.42 Å². The van der Waals surface area contributed by atoms with Gasteiger partial charge in [0.05, 0.1) is 6.04 Å². The molecule has 27 heavy (non-hydrogen) atoms. The van der Waals surface area contributed by atoms with Gasteiger partial charge in [-0.3, -0.25) is 0 Å². The van der Waals surface area contributed by atoms with Crippen LogP contribution in [0.15, 0.2) is 36.5 Å². The van der Waals surface area contributed by atoms with E-state index in [2.05, 4.69) is 15.3 Å². The molecule has 0 unspecified atom stereocenters. The molecule has 1 aliphatic rings. The summed E-state index contributed by atoms with van der Waals surface area (Å²) in [5.74, 6) is 1.05. The predicted octanol–water partition coefficient (Wildman–Crippen LogP) is 3.51. The van der Waals surface area contributed by atoms with Gasteiger partial charge >= 0.3 is 6.09 Å². The van der Waals surface area contributed by atoms with Crippen LogP contribution in [-0.4, -0.2) is 40.8 Å². The molecule has 1 N–H and O–H groups in total. The third-order valence-corrected chi connectivity index (χ3v) is 3.85. The van der Waals surface area contributed by atoms with Crippen LogP contribution in [0, 0.1) is 5.82 Å². The van der Waals surface area contributed by atoms with Crippen LogP contribution in [0.5, 0.6) is 11.6 Å². The number of benzene rings is 1. The maximum absolute atomic E-state index is 13.0. The molecule has 1 fully saturated rings. The highest BCUT2D eigenvalue weighted by atomic mass is 19.1. The number of rotatable bonds is 4. The van der Waals surface area contributed by atoms with Gasteiger partial charge in [-0.15, -0.1) is 0 Å². The van der Waals surface area contributed by atoms with E-state index in [4.69, 9.17) is 9.47 Å². The zero-order valence-corrected chi connectivity index (χ0v) is 15.6. The number of alkyl carbamates (subject to hydrolysis) is 1. The summed E-state index contributed by atoms with van der Waals surface area (Å²) in [6, 6.07) is 7.32. The molecule has 1 saturated heterocycles. The van der Waals surface area contributed by atoms with Crippen LogP contribution in [0.4, 0.5) is 15.1 Å². The van der Waals surface area contributed by atoms with Crippen LogP contribution in [0.25, 0.3) is 0 Å². The number of hydrogen-bond donors (Lipinski definition) is 1. The number of nitrogens with one attached hydrogen (secondary N) is 1. The monoisotopic (exact) mass is 374 g/mol. The molecule has 0 radical (unpaired) electrons. The van der Waals surface area contributed by atoms with Crippen molar-refractivity contribution >= 4 is 12.0 Å². The third-order valence-electron chi connectivity index (χ3n) is 3.85. The number of ether oxygens (including phenoxy) is 2. The van der Waals surface area contributed by atoms with Gasteiger partial charge < -0.3 is 19.7 Å². The number of halogens is 1. The fourth-order valence-corrected chi connectivity index (χ4v) is 2.70. The van der Waals surface area contributed by atoms with Crippen molar-refractivity contribution < 1.29 is 18.7 Å². The summed E-state index contributed by atoms with van der Waals surface area (Å²) in [6.07, 6.45) is 1.95. The Bertz CT molecular complexity index is 792. The fraction of sp³-hybridized carbons (Fsp3) is 0.421. The van der Waals surface area contributed by atoms with Crippen molar-refractivity contribution in [3.05, 3.63) is 42.3 Å². The highest BCUT2D eigenvalue weighted by Crippen LogP contribution is 2.23. The SMILES string of the molecule is CC(C)(C)OC(=O)N[C@H]1CCN(c2nccc(Oc3ccc(F)cc3)n2)C1. The Morgan fingerprint density at radius 2 is 2.00 bits per heavy atom. The molecular formula is C19H23FN4O3. The van der Waals surface area contributed by atoms with Crippen molar-refractivity contribution in [2.45, 2.75) is 38.8 Å². The number of carbonyl (C=O) groups excluding carboxylic acids is 1. The molecule has 0 saturated carbocycles. The van der Waals surface area contributed by atoms with E-state index in [1.54, 1.807) is 12.3 Å². The van der Waals surface area contributed by atoms with Crippen LogP contribution in [0.2, 0.25) is 0 Å². The molecule has 2 heterocycles. The van der Waals surface area contributed by atoms with Gasteiger partial charge in [-0.2, -0.15) is 4.98 Å². The number of aromatic nitrogens is 2. The topological polar surface area (TPSA) is 76.6 Å². The lowest BCUT2D eigenvalue weighted by molar-refractivity contribution is 0.0509. The third kappa shape index (κ3) is 5.54. The molecule has 3 rings (SSSR count). The lowest BCUT2D eigenvalue weighted by atomic mass is 10.2. The number of carbonyl (C=O) groups is 1. The molecule has 0 spiro atoms. The molecule has 1 amide bonds. The lowest BCUT2D eigenvalue weighted by Gasteiger charge is -2.22. The smallest absolute Gasteiger partial charge is 0.407 e. The van der Waals surface area contributed by atoms with Crippen molar-refractivity contribution in [2.75, 3.05) is 18.0 Å². The van der Waals surface area contributed by atoms with E-state index in [1.165, 1.54) is 24.3 Å². The van der Waals surface area contributed by atoms with Crippen molar-refractivity contribution in [3.63, 3.8) is 0 Å². The molecule has 0 bridgehead atoms. The van der Waals surface area contributed by atoms with Crippen LogP contribution in [0.1, 0.15) is 27.2 Å². The van der Waals surface area contributed by atoms with Gasteiger partial charge in [-0.1, -0.05) is 0 Å². The summed E-state index contributed by atoms with van der Waals surface area (Å²) in [5.41, 5.74) is -0.530. The van der Waals surface area contributed by atoms with E-state index >= 15 is 0 Å². The molecule has 1 aromatic carbocycles. The van der Waals surface area contributed by atoms with Gasteiger partial charge in [-0.05, 0) is 51.5 Å². The number of amides is 1. The first-order valence-electron chi connectivity index (χ1n) is 8.79. The molecule has 144 valence electrons. The van der Waals surface area contributed by atoms with Gasteiger partial charge in [-0.25, -0.2) is 14.2 Å². The molecule has 7 nitrogen and oxygen atoms in total. The summed E-state index contributed by atoms with van der Waals surface area (Å²) in [7, 11) is 0. The molecule has 1 aromatic heterocycles. The predicted molar refractivity (Wildman–Crippen MR) is 98.5 cm³/mol. The van der Waals surface area contributed by atoms with Crippen LogP contribution < -0.4 is 15.0 Å². The van der Waals surface area contributed by atoms with Gasteiger partial charge in [0, 0.05) is 25.4 Å². The first kappa shape index (κ1) is 18.9. The highest BCUT2D eigenvalue weighted by molar-refractivity contribution is 5.68. The van der Waals surface area contributed by atoms with Crippen molar-refractivity contribution in [2.24, 2.45) is 0 Å². The molecular weight excluding hydrogens is 351 g/mol. The summed E-state index contributed by atoms with van der Waals surface area (Å²) in [6.45, 7) is 6.77. The Morgan fingerprint density at radius 1 is 1.26 bits per heavy atom. The van der Waals surface area contributed by atoms with Gasteiger partial charge in [0.25, 0.3) is 0 Å². The van der Waals surface area contributed by atoms with E-state index in [-0.39, 0.29) is 11.9 Å². The molecule has 0 aliphatic carbocycles. The Morgan fingerprint density at radius 3 is 2.70 bits per heavy atom. The van der Waals surface area contributed by atoms with Crippen molar-refractivity contribution in [1.29, 1.82) is 0 Å². The van der Waals surface area contributed by atoms with Gasteiger partial charge in [0.1, 0.15) is 17.2 Å². The van der Waals surface area contributed by atoms with E-state index < -0.39 is 11.7 Å². The largest absolute Gasteiger partial charge is 0.444 e. The van der Waals surface area contributed by atoms with E-state index in [9.17, 15) is 9.18 Å². The Balaban J connectivity index is 1.59. The first-order chi connectivity index (χ1) is 12.8. The average Bonchev–Trinajstić information content (AvgIpc) is 3.04. The fourth-order valence-electron chi connectivity index (χ4n) is 2.70. The number of hydrogen-bond acceptors (Lipinski definition) is 6. The Kier molecular flexibility index (Phi) is 5.43. The maximum atomic E-state index is 13.0. The summed E-state index contributed by atoms with van der Waals surface area (Å²) in [5, 5.41) is 2.87. The van der Waals surface area contributed by atoms with Crippen LogP contribution in [0.3, 0.4) is 0 Å². The van der Waals surface area contributed by atoms with E-state index in [0.29, 0.717) is 30.7 Å². The summed E-state index contributed by atoms with van der Waals surface area (Å²) >= 11 is 0. The molecule has 2 aromatic rings. The first-order valence-corrected chi connectivity index (χ1v) is 8.79. The second-order valence-corrected chi connectivity index (χ2v) is 7.33. The van der Waals surface area contributed by atoms with Crippen molar-refractivity contribution in [1.82, 2.24) is 15.3 Å². The van der Waals surface area contributed by atoms with Gasteiger partial charge in [0.2, 0.25) is 11.8 Å². The zero-order valence-electron chi connectivity index (χ0n) is 15.6. The second kappa shape index (κ2) is 7.77. The quantitative estimate of drug-likeness (QED) is 0.883. The molecule has 8 heteroatoms. The minimum absolute atomic E-state index is 0.0369. The summed E-state index contributed by atoms with van der Waals surface area (Å²) < 4.78 is 23.9. The van der Waals surface area contributed by atoms with Crippen molar-refractivity contribution in [3.8, 4) is 11.6 Å². The normalized spacial score (nSPS) is 16.9. The average molecular weight is 374 g/mol. The minimum atomic E-state index is -0.530. The number of nitrogens with zero attached hydrogens (tertiary/aromatic N) is 3. The maximum Gasteiger partial charge on any atom is 0.407 e. The van der Waals surface area contributed by atoms with Crippen LogP contribution in [-0.2, 0) is 4.74 Å². The highest BCUT2D eigenvalue weighted by Gasteiger charge is 2.27. The minimum Gasteiger partial charge on any atom is -0.444 e. The van der Waals surface area contributed by atoms with E-state index in [1.807, 2.05) is 25.7 Å². The molecule has 1 aliphatic heterocycles. The summed E-state index contributed by atoms with van der Waals surface area (Å²) in [4.78, 5) is 22.6. The van der Waals surface area contributed by atoms with Gasteiger partial charge in [0.15, 0.2) is 0 Å². The zero-order chi connectivity index (χ0) is 19.4. The Hall–Kier alpha value is -2.90. The standard InChI is InChI=1S/C19H23FN4O3/c1-19(2,3)27-18(25)22-14-9-11-24(12-14)17-21-10-8-16(23-17)26-15-6-4-13(20)5-7-15/h4-8,10,14H,9,11-12H2,1-3H3,(H,22,25)/t14-/m0/s1.